The number of benzene rings is 1. The van der Waals surface area contributed by atoms with Crippen LogP contribution in [0.25, 0.3) is 11.3 Å². The number of thiazole rings is 1. The lowest BCUT2D eigenvalue weighted by Crippen LogP contribution is -2.25. The average molecular weight is 390 g/mol. The summed E-state index contributed by atoms with van der Waals surface area (Å²) >= 11 is 7.24. The first-order chi connectivity index (χ1) is 12.6. The van der Waals surface area contributed by atoms with Crippen LogP contribution >= 0.6 is 22.9 Å². The Kier molecular flexibility index (Phi) is 6.04. The average Bonchev–Trinajstić information content (AvgIpc) is 3.31. The summed E-state index contributed by atoms with van der Waals surface area (Å²) in [5, 5.41) is 8.55. The van der Waals surface area contributed by atoms with Gasteiger partial charge < -0.3 is 15.1 Å². The number of halogens is 1. The standard InChI is InChI=1S/C18H16ClN3O3S/c19-13-7-5-12(6-8-13)14-11-26-18(21-14)22-16(23)4-1-9-20-17(24)15-3-2-10-25-15/h2-3,5-8,10-11H,1,4,9H2,(H,20,24)(H,21,22,23). The Hall–Kier alpha value is -2.64. The predicted octanol–water partition coefficient (Wildman–Crippen LogP) is 4.21. The summed E-state index contributed by atoms with van der Waals surface area (Å²) in [5.74, 6) is -0.177. The molecular formula is C18H16ClN3O3S. The van der Waals surface area contributed by atoms with E-state index in [-0.39, 0.29) is 24.0 Å². The first-order valence-corrected chi connectivity index (χ1v) is 9.20. The normalized spacial score (nSPS) is 10.5. The number of anilines is 1. The van der Waals surface area contributed by atoms with E-state index in [9.17, 15) is 9.59 Å². The van der Waals surface area contributed by atoms with E-state index < -0.39 is 0 Å². The molecule has 0 aliphatic rings. The van der Waals surface area contributed by atoms with E-state index in [4.69, 9.17) is 16.0 Å². The van der Waals surface area contributed by atoms with Gasteiger partial charge in [0.2, 0.25) is 5.91 Å². The van der Waals surface area contributed by atoms with E-state index in [0.717, 1.165) is 11.3 Å². The Morgan fingerprint density at radius 2 is 2.00 bits per heavy atom. The number of nitrogens with one attached hydrogen (secondary N) is 2. The van der Waals surface area contributed by atoms with Crippen molar-refractivity contribution in [2.24, 2.45) is 0 Å². The van der Waals surface area contributed by atoms with Gasteiger partial charge >= 0.3 is 0 Å². The molecule has 0 unspecified atom stereocenters. The molecule has 2 amide bonds. The number of rotatable bonds is 7. The topological polar surface area (TPSA) is 84.2 Å². The van der Waals surface area contributed by atoms with Gasteiger partial charge in [0.25, 0.3) is 5.91 Å². The van der Waals surface area contributed by atoms with Crippen LogP contribution in [0.2, 0.25) is 5.02 Å². The fraction of sp³-hybridized carbons (Fsp3) is 0.167. The zero-order valence-corrected chi connectivity index (χ0v) is 15.3. The lowest BCUT2D eigenvalue weighted by Gasteiger charge is -2.03. The van der Waals surface area contributed by atoms with Crippen molar-refractivity contribution in [3.8, 4) is 11.3 Å². The number of hydrogen-bond donors (Lipinski definition) is 2. The molecule has 2 N–H and O–H groups in total. The zero-order valence-electron chi connectivity index (χ0n) is 13.7. The second-order valence-corrected chi connectivity index (χ2v) is 6.72. The molecule has 0 radical (unpaired) electrons. The smallest absolute Gasteiger partial charge is 0.286 e. The van der Waals surface area contributed by atoms with Gasteiger partial charge in [0.15, 0.2) is 10.9 Å². The maximum absolute atomic E-state index is 12.0. The summed E-state index contributed by atoms with van der Waals surface area (Å²) in [6.45, 7) is 0.390. The highest BCUT2D eigenvalue weighted by molar-refractivity contribution is 7.14. The van der Waals surface area contributed by atoms with Gasteiger partial charge in [-0.2, -0.15) is 0 Å². The van der Waals surface area contributed by atoms with Gasteiger partial charge in [-0.3, -0.25) is 9.59 Å². The Labute approximate surface area is 159 Å². The van der Waals surface area contributed by atoms with Gasteiger partial charge in [0, 0.05) is 28.9 Å². The molecule has 2 heterocycles. The van der Waals surface area contributed by atoms with Crippen LogP contribution in [-0.2, 0) is 4.79 Å². The maximum atomic E-state index is 12.0. The van der Waals surface area contributed by atoms with Gasteiger partial charge in [-0.05, 0) is 30.7 Å². The Balaban J connectivity index is 1.42. The van der Waals surface area contributed by atoms with Gasteiger partial charge in [-0.15, -0.1) is 11.3 Å². The highest BCUT2D eigenvalue weighted by atomic mass is 35.5. The molecule has 0 saturated carbocycles. The van der Waals surface area contributed by atoms with Crippen LogP contribution in [0.4, 0.5) is 5.13 Å². The molecule has 3 rings (SSSR count). The molecule has 0 bridgehead atoms. The summed E-state index contributed by atoms with van der Waals surface area (Å²) in [6.07, 6.45) is 2.25. The van der Waals surface area contributed by atoms with Crippen molar-refractivity contribution in [2.75, 3.05) is 11.9 Å². The minimum Gasteiger partial charge on any atom is -0.459 e. The molecule has 2 aromatic heterocycles. The second kappa shape index (κ2) is 8.64. The minimum absolute atomic E-state index is 0.144. The van der Waals surface area contributed by atoms with Crippen LogP contribution in [-0.4, -0.2) is 23.3 Å². The fourth-order valence-electron chi connectivity index (χ4n) is 2.21. The van der Waals surface area contributed by atoms with Crippen LogP contribution in [0, 0.1) is 0 Å². The number of furan rings is 1. The summed E-state index contributed by atoms with van der Waals surface area (Å²) in [4.78, 5) is 28.1. The summed E-state index contributed by atoms with van der Waals surface area (Å²) in [7, 11) is 0. The molecule has 3 aromatic rings. The van der Waals surface area contributed by atoms with E-state index in [0.29, 0.717) is 23.1 Å². The number of aromatic nitrogens is 1. The maximum Gasteiger partial charge on any atom is 0.286 e. The number of carbonyl (C=O) groups is 2. The van der Waals surface area contributed by atoms with E-state index >= 15 is 0 Å². The third kappa shape index (κ3) is 4.93. The largest absolute Gasteiger partial charge is 0.459 e. The van der Waals surface area contributed by atoms with Crippen molar-refractivity contribution in [1.82, 2.24) is 10.3 Å². The number of hydrogen-bond acceptors (Lipinski definition) is 5. The van der Waals surface area contributed by atoms with Gasteiger partial charge in [-0.1, -0.05) is 23.7 Å². The molecular weight excluding hydrogens is 374 g/mol. The van der Waals surface area contributed by atoms with E-state index in [1.165, 1.54) is 17.6 Å². The first kappa shape index (κ1) is 18.2. The molecule has 0 saturated heterocycles. The first-order valence-electron chi connectivity index (χ1n) is 7.95. The Morgan fingerprint density at radius 1 is 1.19 bits per heavy atom. The highest BCUT2D eigenvalue weighted by Gasteiger charge is 2.10. The van der Waals surface area contributed by atoms with Crippen molar-refractivity contribution in [3.05, 3.63) is 58.8 Å². The van der Waals surface area contributed by atoms with Crippen molar-refractivity contribution in [1.29, 1.82) is 0 Å². The third-order valence-electron chi connectivity index (χ3n) is 3.50. The number of nitrogens with zero attached hydrogens (tertiary/aromatic N) is 1. The number of carbonyl (C=O) groups excluding carboxylic acids is 2. The molecule has 8 heteroatoms. The zero-order chi connectivity index (χ0) is 18.4. The molecule has 134 valence electrons. The molecule has 0 atom stereocenters. The second-order valence-electron chi connectivity index (χ2n) is 5.43. The van der Waals surface area contributed by atoms with Crippen molar-refractivity contribution >= 4 is 39.9 Å². The molecule has 0 aliphatic carbocycles. The van der Waals surface area contributed by atoms with E-state index in [1.807, 2.05) is 17.5 Å². The molecule has 0 aliphatic heterocycles. The summed E-state index contributed by atoms with van der Waals surface area (Å²) < 4.78 is 4.99. The van der Waals surface area contributed by atoms with Crippen molar-refractivity contribution < 1.29 is 14.0 Å². The van der Waals surface area contributed by atoms with Crippen LogP contribution in [0.15, 0.2) is 52.5 Å². The van der Waals surface area contributed by atoms with Crippen LogP contribution < -0.4 is 10.6 Å². The van der Waals surface area contributed by atoms with Crippen molar-refractivity contribution in [2.45, 2.75) is 12.8 Å². The SMILES string of the molecule is O=C(CCCNC(=O)c1ccco1)Nc1nc(-c2ccc(Cl)cc2)cs1. The summed E-state index contributed by atoms with van der Waals surface area (Å²) in [6, 6.07) is 10.6. The highest BCUT2D eigenvalue weighted by Crippen LogP contribution is 2.26. The Bertz CT molecular complexity index is 875. The quantitative estimate of drug-likeness (QED) is 0.593. The van der Waals surface area contributed by atoms with Gasteiger partial charge in [0.1, 0.15) is 0 Å². The Morgan fingerprint density at radius 3 is 2.73 bits per heavy atom. The van der Waals surface area contributed by atoms with Crippen LogP contribution in [0.5, 0.6) is 0 Å². The van der Waals surface area contributed by atoms with Crippen LogP contribution in [0.3, 0.4) is 0 Å². The van der Waals surface area contributed by atoms with Gasteiger partial charge in [-0.25, -0.2) is 4.98 Å². The number of amides is 2. The molecule has 1 aromatic carbocycles. The van der Waals surface area contributed by atoms with E-state index in [2.05, 4.69) is 15.6 Å². The molecule has 6 nitrogen and oxygen atoms in total. The lowest BCUT2D eigenvalue weighted by atomic mass is 10.2. The van der Waals surface area contributed by atoms with E-state index in [1.54, 1.807) is 24.3 Å². The minimum atomic E-state index is -0.289. The third-order valence-corrected chi connectivity index (χ3v) is 4.51. The molecule has 26 heavy (non-hydrogen) atoms. The molecule has 0 fully saturated rings. The fourth-order valence-corrected chi connectivity index (χ4v) is 3.07. The predicted molar refractivity (Wildman–Crippen MR) is 101 cm³/mol. The lowest BCUT2D eigenvalue weighted by molar-refractivity contribution is -0.116. The summed E-state index contributed by atoms with van der Waals surface area (Å²) in [5.41, 5.74) is 1.72. The van der Waals surface area contributed by atoms with Crippen LogP contribution in [0.1, 0.15) is 23.4 Å². The monoisotopic (exact) mass is 389 g/mol. The van der Waals surface area contributed by atoms with Gasteiger partial charge in [0.05, 0.1) is 12.0 Å². The van der Waals surface area contributed by atoms with Crippen molar-refractivity contribution in [3.63, 3.8) is 0 Å². The molecule has 0 spiro atoms.